The summed E-state index contributed by atoms with van der Waals surface area (Å²) < 4.78 is 21.5. The Morgan fingerprint density at radius 2 is 1.21 bits per heavy atom. The van der Waals surface area contributed by atoms with Crippen LogP contribution in [0.15, 0.2) is 71.7 Å². The van der Waals surface area contributed by atoms with Gasteiger partial charge >= 0.3 is 18.3 Å². The van der Waals surface area contributed by atoms with E-state index in [-0.39, 0.29) is 61.6 Å². The minimum Gasteiger partial charge on any atom is -0.482 e. The maximum atomic E-state index is 13.6. The van der Waals surface area contributed by atoms with Crippen LogP contribution in [0, 0.1) is 0 Å². The van der Waals surface area contributed by atoms with Crippen molar-refractivity contribution >= 4 is 65.1 Å². The molecule has 7 N–H and O–H groups in total. The van der Waals surface area contributed by atoms with Crippen LogP contribution >= 0.6 is 0 Å². The summed E-state index contributed by atoms with van der Waals surface area (Å²) >= 11 is 0. The standard InChI is InChI=1S/C55H75N9O12/c1-53(2,3)74-50(70)61-42(16-15-31-58-49(62-51(71)75-54(4,5)6)63-52(72)76-55(7,8)9)47(68)57-30-14-12-10-11-13-29-56-45(66)36-21-24-39(25-22-36)59-46(67)37-19-17-35(18-20-37)33-64(40-26-27-40)48(69)38-23-28-41-43(32-38)73-34-44(65)60-41/h17-25,28,32,40,42H,10-16,26-27,29-31,33-34H2,1-9H3,(H,56,66)(H,57,68)(H,59,67)(H,60,65)(H,61,70)(H2,58,62,63,71,72)/t42-/m0/s1. The number of nitrogens with one attached hydrogen (secondary N) is 7. The molecule has 76 heavy (non-hydrogen) atoms. The predicted molar refractivity (Wildman–Crippen MR) is 286 cm³/mol. The van der Waals surface area contributed by atoms with E-state index in [1.807, 2.05) is 17.0 Å². The van der Waals surface area contributed by atoms with E-state index in [0.29, 0.717) is 59.9 Å². The van der Waals surface area contributed by atoms with Gasteiger partial charge in [0.25, 0.3) is 23.6 Å². The van der Waals surface area contributed by atoms with Crippen LogP contribution in [0.3, 0.4) is 0 Å². The molecule has 8 amide bonds. The molecule has 2 aliphatic rings. The average Bonchev–Trinajstić information content (AvgIpc) is 4.17. The lowest BCUT2D eigenvalue weighted by molar-refractivity contribution is -0.123. The molecule has 0 aromatic heterocycles. The van der Waals surface area contributed by atoms with Crippen molar-refractivity contribution < 1.29 is 57.3 Å². The number of anilines is 2. The number of aliphatic imine (C=N–C) groups is 1. The van der Waals surface area contributed by atoms with Crippen LogP contribution < -0.4 is 42.0 Å². The third-order valence-electron chi connectivity index (χ3n) is 11.2. The smallest absolute Gasteiger partial charge is 0.414 e. The molecule has 3 aromatic carbocycles. The molecule has 0 radical (unpaired) electrons. The fourth-order valence-electron chi connectivity index (χ4n) is 7.53. The number of nitrogens with zero attached hydrogens (tertiary/aromatic N) is 2. The number of unbranched alkanes of at least 4 members (excludes halogenated alkanes) is 4. The fourth-order valence-corrected chi connectivity index (χ4v) is 7.53. The number of hydrogen-bond acceptors (Lipinski definition) is 13. The van der Waals surface area contributed by atoms with E-state index in [1.165, 1.54) is 0 Å². The Morgan fingerprint density at radius 1 is 0.671 bits per heavy atom. The van der Waals surface area contributed by atoms with Crippen molar-refractivity contribution in [3.63, 3.8) is 0 Å². The zero-order valence-corrected chi connectivity index (χ0v) is 45.2. The zero-order valence-electron chi connectivity index (χ0n) is 45.2. The number of fused-ring (bicyclic) bond motifs is 1. The summed E-state index contributed by atoms with van der Waals surface area (Å²) in [5, 5.41) is 18.9. The fraction of sp³-hybridized carbons (Fsp3) is 0.509. The van der Waals surface area contributed by atoms with Crippen LogP contribution in [0.1, 0.15) is 157 Å². The average molecular weight is 1050 g/mol. The highest BCUT2D eigenvalue weighted by molar-refractivity contribution is 6.05. The van der Waals surface area contributed by atoms with Crippen molar-refractivity contribution in [1.82, 2.24) is 31.5 Å². The minimum atomic E-state index is -0.956. The summed E-state index contributed by atoms with van der Waals surface area (Å²) in [4.78, 5) is 108. The van der Waals surface area contributed by atoms with E-state index in [0.717, 1.165) is 44.1 Å². The van der Waals surface area contributed by atoms with Crippen molar-refractivity contribution in [2.24, 2.45) is 4.99 Å². The molecule has 1 saturated carbocycles. The van der Waals surface area contributed by atoms with Gasteiger partial charge in [0.05, 0.1) is 5.69 Å². The van der Waals surface area contributed by atoms with Gasteiger partial charge in [0.2, 0.25) is 11.9 Å². The molecule has 21 nitrogen and oxygen atoms in total. The SMILES string of the molecule is CC(C)(C)OC(=O)NC(=NCCC[C@H](NC(=O)OC(C)(C)C)C(=O)NCCCCCCCNC(=O)c1ccc(NC(=O)c2ccc(CN(C(=O)c3ccc4c(c3)OCC(=O)N4)C3CC3)cc2)cc1)NC(=O)OC(C)(C)C. The molecule has 1 aliphatic carbocycles. The van der Waals surface area contributed by atoms with Crippen molar-refractivity contribution in [3.8, 4) is 5.75 Å². The van der Waals surface area contributed by atoms with E-state index >= 15 is 0 Å². The third-order valence-corrected chi connectivity index (χ3v) is 11.2. The van der Waals surface area contributed by atoms with Crippen molar-refractivity contribution in [3.05, 3.63) is 89.0 Å². The topological polar surface area (TPSA) is 273 Å². The van der Waals surface area contributed by atoms with Gasteiger partial charge in [-0.1, -0.05) is 31.4 Å². The Labute approximate surface area is 444 Å². The normalized spacial score (nSPS) is 13.5. The summed E-state index contributed by atoms with van der Waals surface area (Å²) in [7, 11) is 0. The molecular formula is C55H75N9O12. The highest BCUT2D eigenvalue weighted by Gasteiger charge is 2.34. The Kier molecular flexibility index (Phi) is 21.2. The summed E-state index contributed by atoms with van der Waals surface area (Å²) in [6.45, 7) is 16.4. The van der Waals surface area contributed by atoms with Gasteiger partial charge in [0, 0.05) is 54.6 Å². The van der Waals surface area contributed by atoms with Gasteiger partial charge in [-0.15, -0.1) is 0 Å². The van der Waals surface area contributed by atoms with Gasteiger partial charge in [-0.05, 0) is 161 Å². The lowest BCUT2D eigenvalue weighted by Gasteiger charge is -2.24. The number of benzene rings is 3. The van der Waals surface area contributed by atoms with Crippen LogP contribution in [0.25, 0.3) is 0 Å². The van der Waals surface area contributed by atoms with Crippen molar-refractivity contribution in [2.75, 3.05) is 36.9 Å². The number of amides is 8. The van der Waals surface area contributed by atoms with Gasteiger partial charge < -0.3 is 50.4 Å². The lowest BCUT2D eigenvalue weighted by atomic mass is 10.1. The first-order chi connectivity index (χ1) is 35.8. The van der Waals surface area contributed by atoms with Crippen molar-refractivity contribution in [1.29, 1.82) is 0 Å². The monoisotopic (exact) mass is 1050 g/mol. The summed E-state index contributed by atoms with van der Waals surface area (Å²) in [6.07, 6.45) is 3.78. The van der Waals surface area contributed by atoms with Gasteiger partial charge in [0.1, 0.15) is 28.6 Å². The molecule has 21 heteroatoms. The molecule has 0 unspecified atom stereocenters. The Hall–Kier alpha value is -7.71. The molecule has 0 bridgehead atoms. The second-order valence-electron chi connectivity index (χ2n) is 21.6. The maximum Gasteiger partial charge on any atom is 0.414 e. The molecule has 1 heterocycles. The Morgan fingerprint density at radius 3 is 1.80 bits per heavy atom. The number of carbonyl (C=O) groups is 8. The van der Waals surface area contributed by atoms with Crippen LogP contribution in [0.2, 0.25) is 0 Å². The zero-order chi connectivity index (χ0) is 55.6. The summed E-state index contributed by atoms with van der Waals surface area (Å²) in [5.41, 5.74) is 0.865. The molecule has 0 saturated heterocycles. The second kappa shape index (κ2) is 27.2. The minimum absolute atomic E-state index is 0.0553. The maximum absolute atomic E-state index is 13.6. The molecular weight excluding hydrogens is 979 g/mol. The number of hydrogen-bond donors (Lipinski definition) is 7. The molecule has 1 atom stereocenters. The quantitative estimate of drug-likeness (QED) is 0.0232. The number of rotatable bonds is 21. The van der Waals surface area contributed by atoms with Gasteiger partial charge in [0.15, 0.2) is 6.61 Å². The van der Waals surface area contributed by atoms with Crippen LogP contribution in [0.4, 0.5) is 25.8 Å². The first-order valence-electron chi connectivity index (χ1n) is 25.8. The highest BCUT2D eigenvalue weighted by atomic mass is 16.6. The van der Waals surface area contributed by atoms with Crippen LogP contribution in [-0.2, 0) is 30.3 Å². The number of guanidine groups is 1. The molecule has 5 rings (SSSR count). The largest absolute Gasteiger partial charge is 0.482 e. The first-order valence-corrected chi connectivity index (χ1v) is 25.8. The van der Waals surface area contributed by atoms with E-state index in [4.69, 9.17) is 18.9 Å². The Balaban J connectivity index is 0.992. The van der Waals surface area contributed by atoms with E-state index < -0.39 is 47.0 Å². The second-order valence-corrected chi connectivity index (χ2v) is 21.6. The number of alkyl carbamates (subject to hydrolysis) is 3. The third kappa shape index (κ3) is 21.3. The van der Waals surface area contributed by atoms with Gasteiger partial charge in [-0.3, -0.25) is 39.6 Å². The van der Waals surface area contributed by atoms with Crippen LogP contribution in [-0.4, -0.2) is 114 Å². The summed E-state index contributed by atoms with van der Waals surface area (Å²) in [6, 6.07) is 17.9. The van der Waals surface area contributed by atoms with Gasteiger partial charge in [-0.25, -0.2) is 14.4 Å². The van der Waals surface area contributed by atoms with Crippen molar-refractivity contribution in [2.45, 2.75) is 156 Å². The van der Waals surface area contributed by atoms with E-state index in [1.54, 1.807) is 117 Å². The summed E-state index contributed by atoms with van der Waals surface area (Å²) in [5.74, 6) is -1.08. The molecule has 0 spiro atoms. The molecule has 3 aromatic rings. The van der Waals surface area contributed by atoms with E-state index in [2.05, 4.69) is 42.2 Å². The highest BCUT2D eigenvalue weighted by Crippen LogP contribution is 2.33. The van der Waals surface area contributed by atoms with E-state index in [9.17, 15) is 38.4 Å². The molecule has 412 valence electrons. The molecule has 1 aliphatic heterocycles. The number of carbonyl (C=O) groups excluding carboxylic acids is 8. The van der Waals surface area contributed by atoms with Crippen LogP contribution in [0.5, 0.6) is 5.75 Å². The number of ether oxygens (including phenoxy) is 4. The molecule has 1 fully saturated rings. The lowest BCUT2D eigenvalue weighted by Crippen LogP contribution is -2.48. The Bertz CT molecular complexity index is 2530. The first kappa shape index (κ1) is 59.2. The van der Waals surface area contributed by atoms with Gasteiger partial charge in [-0.2, -0.15) is 0 Å². The predicted octanol–water partition coefficient (Wildman–Crippen LogP) is 7.95.